The molecule has 1 atom stereocenters. The van der Waals surface area contributed by atoms with Crippen LogP contribution in [0.4, 0.5) is 0 Å². The Morgan fingerprint density at radius 3 is 2.36 bits per heavy atom. The summed E-state index contributed by atoms with van der Waals surface area (Å²) in [5.74, 6) is 0.506. The number of nitrogens with one attached hydrogen (secondary N) is 1. The molecule has 5 nitrogen and oxygen atoms in total. The van der Waals surface area contributed by atoms with E-state index in [0.29, 0.717) is 11.3 Å². The fourth-order valence-electron chi connectivity index (χ4n) is 2.56. The van der Waals surface area contributed by atoms with Crippen molar-refractivity contribution in [2.24, 2.45) is 0 Å². The Labute approximate surface area is 145 Å². The molecule has 3 aromatic rings. The highest BCUT2D eigenvalue weighted by Crippen LogP contribution is 2.23. The van der Waals surface area contributed by atoms with Gasteiger partial charge in [-0.25, -0.2) is 0 Å². The second-order valence-electron chi connectivity index (χ2n) is 5.88. The molecule has 1 aromatic heterocycles. The summed E-state index contributed by atoms with van der Waals surface area (Å²) in [5.41, 5.74) is 2.72. The first-order valence-electron chi connectivity index (χ1n) is 7.94. The van der Waals surface area contributed by atoms with Crippen molar-refractivity contribution in [3.63, 3.8) is 0 Å². The molecule has 25 heavy (non-hydrogen) atoms. The number of carbonyl (C=O) groups is 1. The highest BCUT2D eigenvalue weighted by molar-refractivity contribution is 5.75. The first kappa shape index (κ1) is 16.8. The van der Waals surface area contributed by atoms with Gasteiger partial charge in [0.25, 0.3) is 0 Å². The minimum absolute atomic E-state index is 0.0988. The van der Waals surface area contributed by atoms with E-state index in [4.69, 9.17) is 4.42 Å². The van der Waals surface area contributed by atoms with E-state index < -0.39 is 12.0 Å². The van der Waals surface area contributed by atoms with Gasteiger partial charge in [-0.05, 0) is 36.8 Å². The van der Waals surface area contributed by atoms with E-state index in [1.165, 1.54) is 17.7 Å². The predicted molar refractivity (Wildman–Crippen MR) is 94.2 cm³/mol. The van der Waals surface area contributed by atoms with E-state index in [1.807, 2.05) is 43.3 Å². The summed E-state index contributed by atoms with van der Waals surface area (Å²) in [5, 5.41) is 21.7. The average molecular weight is 337 g/mol. The SMILES string of the molecule is Cc1ccc(-c2ccc(CN[C@@H](C(=O)O)c3ccc(O)cc3)o2)cc1. The molecule has 0 spiro atoms. The number of hydrogen-bond acceptors (Lipinski definition) is 4. The van der Waals surface area contributed by atoms with Crippen molar-refractivity contribution in [3.8, 4) is 17.1 Å². The fourth-order valence-corrected chi connectivity index (χ4v) is 2.56. The zero-order valence-electron chi connectivity index (χ0n) is 13.8. The van der Waals surface area contributed by atoms with Crippen LogP contribution in [-0.2, 0) is 11.3 Å². The molecule has 2 aromatic carbocycles. The molecule has 0 unspecified atom stereocenters. The number of phenols is 1. The highest BCUT2D eigenvalue weighted by atomic mass is 16.4. The van der Waals surface area contributed by atoms with Crippen molar-refractivity contribution in [3.05, 3.63) is 77.6 Å². The summed E-state index contributed by atoms with van der Waals surface area (Å²) >= 11 is 0. The molecule has 0 saturated heterocycles. The van der Waals surface area contributed by atoms with Crippen LogP contribution in [0.5, 0.6) is 5.75 Å². The number of carboxylic acids is 1. The minimum atomic E-state index is -0.990. The van der Waals surface area contributed by atoms with Crippen LogP contribution >= 0.6 is 0 Å². The van der Waals surface area contributed by atoms with E-state index in [-0.39, 0.29) is 12.3 Å². The summed E-state index contributed by atoms with van der Waals surface area (Å²) < 4.78 is 5.80. The molecule has 3 N–H and O–H groups in total. The Morgan fingerprint density at radius 1 is 1.04 bits per heavy atom. The van der Waals surface area contributed by atoms with Crippen LogP contribution < -0.4 is 5.32 Å². The fraction of sp³-hybridized carbons (Fsp3) is 0.150. The number of carboxylic acid groups (broad SMARTS) is 1. The van der Waals surface area contributed by atoms with Crippen LogP contribution in [0.25, 0.3) is 11.3 Å². The molecule has 0 aliphatic carbocycles. The Kier molecular flexibility index (Phi) is 4.86. The lowest BCUT2D eigenvalue weighted by Crippen LogP contribution is -2.27. The Bertz CT molecular complexity index is 850. The average Bonchev–Trinajstić information content (AvgIpc) is 3.06. The number of furan rings is 1. The van der Waals surface area contributed by atoms with Gasteiger partial charge >= 0.3 is 5.97 Å². The van der Waals surface area contributed by atoms with E-state index >= 15 is 0 Å². The van der Waals surface area contributed by atoms with E-state index in [0.717, 1.165) is 11.3 Å². The summed E-state index contributed by atoms with van der Waals surface area (Å²) in [4.78, 5) is 11.5. The van der Waals surface area contributed by atoms with Crippen molar-refractivity contribution in [1.29, 1.82) is 0 Å². The number of aryl methyl sites for hydroxylation is 1. The summed E-state index contributed by atoms with van der Waals surface area (Å²) in [7, 11) is 0. The summed E-state index contributed by atoms with van der Waals surface area (Å²) in [6, 6.07) is 16.9. The zero-order chi connectivity index (χ0) is 17.8. The van der Waals surface area contributed by atoms with Crippen LogP contribution in [0, 0.1) is 6.92 Å². The van der Waals surface area contributed by atoms with E-state index in [9.17, 15) is 15.0 Å². The molecule has 5 heteroatoms. The van der Waals surface area contributed by atoms with Gasteiger partial charge < -0.3 is 14.6 Å². The number of aromatic hydroxyl groups is 1. The first-order chi connectivity index (χ1) is 12.0. The van der Waals surface area contributed by atoms with Crippen molar-refractivity contribution >= 4 is 5.97 Å². The lowest BCUT2D eigenvalue weighted by molar-refractivity contribution is -0.139. The molecule has 0 aliphatic heterocycles. The molecular weight excluding hydrogens is 318 g/mol. The molecule has 0 radical (unpaired) electrons. The predicted octanol–water partition coefficient (Wildman–Crippen LogP) is 3.88. The van der Waals surface area contributed by atoms with Crippen molar-refractivity contribution in [2.75, 3.05) is 0 Å². The van der Waals surface area contributed by atoms with Gasteiger partial charge in [0.1, 0.15) is 23.3 Å². The molecule has 0 amide bonds. The smallest absolute Gasteiger partial charge is 0.325 e. The van der Waals surface area contributed by atoms with Crippen LogP contribution in [0.15, 0.2) is 65.1 Å². The molecule has 0 fully saturated rings. The van der Waals surface area contributed by atoms with Gasteiger partial charge in [-0.1, -0.05) is 42.0 Å². The largest absolute Gasteiger partial charge is 0.508 e. The van der Waals surface area contributed by atoms with Crippen LogP contribution in [-0.4, -0.2) is 16.2 Å². The molecule has 0 bridgehead atoms. The molecule has 128 valence electrons. The number of aliphatic carboxylic acids is 1. The van der Waals surface area contributed by atoms with Crippen LogP contribution in [0.3, 0.4) is 0 Å². The topological polar surface area (TPSA) is 82.7 Å². The van der Waals surface area contributed by atoms with Gasteiger partial charge in [-0.15, -0.1) is 0 Å². The molecule has 0 aliphatic rings. The Hall–Kier alpha value is -3.05. The van der Waals surface area contributed by atoms with Gasteiger partial charge in [0.05, 0.1) is 6.54 Å². The number of phenolic OH excluding ortho intramolecular Hbond substituents is 1. The lowest BCUT2D eigenvalue weighted by atomic mass is 10.1. The third kappa shape index (κ3) is 4.08. The van der Waals surface area contributed by atoms with E-state index in [1.54, 1.807) is 12.1 Å². The highest BCUT2D eigenvalue weighted by Gasteiger charge is 2.19. The molecule has 0 saturated carbocycles. The van der Waals surface area contributed by atoms with Crippen LogP contribution in [0.2, 0.25) is 0 Å². The molecule has 1 heterocycles. The number of rotatable bonds is 6. The normalized spacial score (nSPS) is 12.0. The minimum Gasteiger partial charge on any atom is -0.508 e. The summed E-state index contributed by atoms with van der Waals surface area (Å²) in [6.07, 6.45) is 0. The van der Waals surface area contributed by atoms with Gasteiger partial charge in [0, 0.05) is 5.56 Å². The molecular formula is C20H19NO4. The zero-order valence-corrected chi connectivity index (χ0v) is 13.8. The second kappa shape index (κ2) is 7.23. The maximum Gasteiger partial charge on any atom is 0.325 e. The number of benzene rings is 2. The van der Waals surface area contributed by atoms with Crippen molar-refractivity contribution in [2.45, 2.75) is 19.5 Å². The van der Waals surface area contributed by atoms with Crippen LogP contribution in [0.1, 0.15) is 22.9 Å². The van der Waals surface area contributed by atoms with Gasteiger partial charge in [0.2, 0.25) is 0 Å². The monoisotopic (exact) mass is 337 g/mol. The van der Waals surface area contributed by atoms with Gasteiger partial charge in [-0.2, -0.15) is 0 Å². The first-order valence-corrected chi connectivity index (χ1v) is 7.94. The quantitative estimate of drug-likeness (QED) is 0.636. The maximum absolute atomic E-state index is 11.5. The van der Waals surface area contributed by atoms with Crippen molar-refractivity contribution < 1.29 is 19.4 Å². The molecule has 3 rings (SSSR count). The van der Waals surface area contributed by atoms with Crippen molar-refractivity contribution in [1.82, 2.24) is 5.32 Å². The summed E-state index contributed by atoms with van der Waals surface area (Å²) in [6.45, 7) is 2.31. The number of hydrogen-bond donors (Lipinski definition) is 3. The van der Waals surface area contributed by atoms with Gasteiger partial charge in [0.15, 0.2) is 0 Å². The standard InChI is InChI=1S/C20H19NO4/c1-13-2-4-14(5-3-13)18-11-10-17(25-18)12-21-19(20(23)24)15-6-8-16(22)9-7-15/h2-11,19,21-22H,12H2,1H3,(H,23,24)/t19-/m1/s1. The van der Waals surface area contributed by atoms with Gasteiger partial charge in [-0.3, -0.25) is 10.1 Å². The third-order valence-electron chi connectivity index (χ3n) is 3.95. The Balaban J connectivity index is 1.70. The third-order valence-corrected chi connectivity index (χ3v) is 3.95. The lowest BCUT2D eigenvalue weighted by Gasteiger charge is -2.14. The maximum atomic E-state index is 11.5. The van der Waals surface area contributed by atoms with E-state index in [2.05, 4.69) is 5.32 Å². The Morgan fingerprint density at radius 2 is 1.72 bits per heavy atom. The second-order valence-corrected chi connectivity index (χ2v) is 5.88.